The molecule has 1 aliphatic rings. The fourth-order valence-electron chi connectivity index (χ4n) is 3.03. The number of hydrogen-bond donors (Lipinski definition) is 1. The highest BCUT2D eigenvalue weighted by Gasteiger charge is 2.16. The van der Waals surface area contributed by atoms with E-state index in [9.17, 15) is 0 Å². The molecule has 1 aromatic carbocycles. The second kappa shape index (κ2) is 6.72. The van der Waals surface area contributed by atoms with Crippen molar-refractivity contribution in [3.63, 3.8) is 0 Å². The molecule has 0 fully saturated rings. The molecule has 0 spiro atoms. The minimum Gasteiger partial charge on any atom is -0.371 e. The van der Waals surface area contributed by atoms with Gasteiger partial charge in [-0.1, -0.05) is 31.2 Å². The van der Waals surface area contributed by atoms with Crippen LogP contribution in [0.3, 0.4) is 0 Å². The number of nitrogens with one attached hydrogen (secondary N) is 1. The summed E-state index contributed by atoms with van der Waals surface area (Å²) in [5.41, 5.74) is 5.63. The Bertz CT molecular complexity index is 568. The summed E-state index contributed by atoms with van der Waals surface area (Å²) in [4.78, 5) is 6.80. The van der Waals surface area contributed by atoms with Crippen LogP contribution in [-0.4, -0.2) is 24.6 Å². The molecule has 0 radical (unpaired) electrons. The van der Waals surface area contributed by atoms with Gasteiger partial charge >= 0.3 is 0 Å². The molecular formula is C18H23N3. The molecule has 110 valence electrons. The lowest BCUT2D eigenvalue weighted by molar-refractivity contribution is 0.714. The molecule has 2 heterocycles. The number of aromatic nitrogens is 1. The molecule has 3 heteroatoms. The van der Waals surface area contributed by atoms with E-state index in [1.54, 1.807) is 0 Å². The predicted octanol–water partition coefficient (Wildman–Crippen LogP) is 2.80. The van der Waals surface area contributed by atoms with Crippen molar-refractivity contribution in [2.45, 2.75) is 26.3 Å². The minimum absolute atomic E-state index is 0.892. The summed E-state index contributed by atoms with van der Waals surface area (Å²) in [5, 5.41) is 3.41. The first-order valence-electron chi connectivity index (χ1n) is 7.84. The molecule has 0 saturated heterocycles. The Morgan fingerprint density at radius 2 is 1.81 bits per heavy atom. The third kappa shape index (κ3) is 3.24. The first kappa shape index (κ1) is 14.1. The average Bonchev–Trinajstić information content (AvgIpc) is 2.76. The van der Waals surface area contributed by atoms with Crippen molar-refractivity contribution in [3.05, 3.63) is 59.4 Å². The number of benzene rings is 1. The summed E-state index contributed by atoms with van der Waals surface area (Å²) >= 11 is 0. The van der Waals surface area contributed by atoms with Gasteiger partial charge in [0, 0.05) is 43.3 Å². The van der Waals surface area contributed by atoms with Gasteiger partial charge in [0.25, 0.3) is 0 Å². The van der Waals surface area contributed by atoms with E-state index in [0.29, 0.717) is 0 Å². The summed E-state index contributed by atoms with van der Waals surface area (Å²) in [6.45, 7) is 6.18. The monoisotopic (exact) mass is 281 g/mol. The predicted molar refractivity (Wildman–Crippen MR) is 87.7 cm³/mol. The van der Waals surface area contributed by atoms with E-state index in [-0.39, 0.29) is 0 Å². The Hall–Kier alpha value is -1.87. The number of anilines is 1. The standard InChI is InChI=1S/C18H23N3/c1-2-19-13-17-14-20-10-7-18(17)21-11-8-15-5-3-4-6-16(15)9-12-21/h3-7,10,14,19H,2,8-9,11-13H2,1H3. The summed E-state index contributed by atoms with van der Waals surface area (Å²) in [5.74, 6) is 0. The molecule has 0 amide bonds. The lowest BCUT2D eigenvalue weighted by atomic mass is 10.0. The lowest BCUT2D eigenvalue weighted by Crippen LogP contribution is -2.28. The molecule has 0 unspecified atom stereocenters. The molecule has 2 aromatic rings. The van der Waals surface area contributed by atoms with Gasteiger partial charge in [-0.05, 0) is 36.6 Å². The van der Waals surface area contributed by atoms with E-state index in [2.05, 4.69) is 52.5 Å². The second-order valence-corrected chi connectivity index (χ2v) is 5.54. The number of fused-ring (bicyclic) bond motifs is 1. The molecule has 1 aliphatic heterocycles. The van der Waals surface area contributed by atoms with Gasteiger partial charge in [-0.2, -0.15) is 0 Å². The second-order valence-electron chi connectivity index (χ2n) is 5.54. The van der Waals surface area contributed by atoms with E-state index >= 15 is 0 Å². The third-order valence-corrected chi connectivity index (χ3v) is 4.20. The van der Waals surface area contributed by atoms with Gasteiger partial charge in [-0.25, -0.2) is 0 Å². The van der Waals surface area contributed by atoms with Crippen LogP contribution >= 0.6 is 0 Å². The van der Waals surface area contributed by atoms with Crippen LogP contribution in [0.25, 0.3) is 0 Å². The Kier molecular flexibility index (Phi) is 4.51. The van der Waals surface area contributed by atoms with Crippen LogP contribution in [0.15, 0.2) is 42.7 Å². The number of hydrogen-bond acceptors (Lipinski definition) is 3. The van der Waals surface area contributed by atoms with E-state index in [0.717, 1.165) is 39.0 Å². The van der Waals surface area contributed by atoms with Crippen molar-refractivity contribution < 1.29 is 0 Å². The normalized spacial score (nSPS) is 14.6. The number of nitrogens with zero attached hydrogens (tertiary/aromatic N) is 2. The van der Waals surface area contributed by atoms with Gasteiger partial charge < -0.3 is 10.2 Å². The summed E-state index contributed by atoms with van der Waals surface area (Å²) in [7, 11) is 0. The fourth-order valence-corrected chi connectivity index (χ4v) is 3.03. The highest BCUT2D eigenvalue weighted by Crippen LogP contribution is 2.23. The zero-order valence-corrected chi connectivity index (χ0v) is 12.7. The molecule has 1 N–H and O–H groups in total. The maximum Gasteiger partial charge on any atom is 0.0443 e. The van der Waals surface area contributed by atoms with Crippen LogP contribution < -0.4 is 10.2 Å². The van der Waals surface area contributed by atoms with Gasteiger partial charge in [0.2, 0.25) is 0 Å². The molecule has 0 atom stereocenters. The molecule has 1 aromatic heterocycles. The molecular weight excluding hydrogens is 258 g/mol. The van der Waals surface area contributed by atoms with Gasteiger partial charge in [-0.15, -0.1) is 0 Å². The van der Waals surface area contributed by atoms with Crippen molar-refractivity contribution >= 4 is 5.69 Å². The van der Waals surface area contributed by atoms with Crippen LogP contribution in [0.2, 0.25) is 0 Å². The van der Waals surface area contributed by atoms with E-state index < -0.39 is 0 Å². The first-order chi connectivity index (χ1) is 10.4. The van der Waals surface area contributed by atoms with Crippen LogP contribution in [-0.2, 0) is 19.4 Å². The quantitative estimate of drug-likeness (QED) is 0.934. The summed E-state index contributed by atoms with van der Waals surface area (Å²) in [6.07, 6.45) is 6.15. The van der Waals surface area contributed by atoms with Crippen molar-refractivity contribution in [1.82, 2.24) is 10.3 Å². The topological polar surface area (TPSA) is 28.2 Å². The molecule has 3 rings (SSSR count). The van der Waals surface area contributed by atoms with Crippen molar-refractivity contribution in [3.8, 4) is 0 Å². The molecule has 0 aliphatic carbocycles. The summed E-state index contributed by atoms with van der Waals surface area (Å²) in [6, 6.07) is 11.0. The van der Waals surface area contributed by atoms with E-state index in [4.69, 9.17) is 0 Å². The number of rotatable bonds is 4. The first-order valence-corrected chi connectivity index (χ1v) is 7.84. The summed E-state index contributed by atoms with van der Waals surface area (Å²) < 4.78 is 0. The lowest BCUT2D eigenvalue weighted by Gasteiger charge is -2.25. The number of pyridine rings is 1. The maximum atomic E-state index is 4.29. The molecule has 3 nitrogen and oxygen atoms in total. The van der Waals surface area contributed by atoms with Crippen LogP contribution in [0.1, 0.15) is 23.6 Å². The maximum absolute atomic E-state index is 4.29. The van der Waals surface area contributed by atoms with Gasteiger partial charge in [0.15, 0.2) is 0 Å². The van der Waals surface area contributed by atoms with Gasteiger partial charge in [0.05, 0.1) is 0 Å². The average molecular weight is 281 g/mol. The Balaban J connectivity index is 1.79. The van der Waals surface area contributed by atoms with Crippen LogP contribution in [0, 0.1) is 0 Å². The van der Waals surface area contributed by atoms with Gasteiger partial charge in [-0.3, -0.25) is 4.98 Å². The van der Waals surface area contributed by atoms with Crippen molar-refractivity contribution in [2.75, 3.05) is 24.5 Å². The third-order valence-electron chi connectivity index (χ3n) is 4.20. The van der Waals surface area contributed by atoms with E-state index in [1.807, 2.05) is 12.4 Å². The zero-order chi connectivity index (χ0) is 14.5. The van der Waals surface area contributed by atoms with E-state index in [1.165, 1.54) is 22.4 Å². The Labute approximate surface area is 127 Å². The van der Waals surface area contributed by atoms with Crippen LogP contribution in [0.4, 0.5) is 5.69 Å². The Morgan fingerprint density at radius 3 is 2.48 bits per heavy atom. The SMILES string of the molecule is CCNCc1cnccc1N1CCc2ccccc2CC1. The van der Waals surface area contributed by atoms with Gasteiger partial charge in [0.1, 0.15) is 0 Å². The Morgan fingerprint density at radius 1 is 1.10 bits per heavy atom. The highest BCUT2D eigenvalue weighted by atomic mass is 15.1. The fraction of sp³-hybridized carbons (Fsp3) is 0.389. The highest BCUT2D eigenvalue weighted by molar-refractivity contribution is 5.53. The molecule has 0 saturated carbocycles. The zero-order valence-electron chi connectivity index (χ0n) is 12.7. The van der Waals surface area contributed by atoms with Crippen molar-refractivity contribution in [2.24, 2.45) is 0 Å². The molecule has 0 bridgehead atoms. The minimum atomic E-state index is 0.892. The smallest absolute Gasteiger partial charge is 0.0443 e. The molecule has 21 heavy (non-hydrogen) atoms. The van der Waals surface area contributed by atoms with Crippen molar-refractivity contribution in [1.29, 1.82) is 0 Å². The largest absolute Gasteiger partial charge is 0.371 e. The van der Waals surface area contributed by atoms with Crippen LogP contribution in [0.5, 0.6) is 0 Å².